The zero-order chi connectivity index (χ0) is 25.0. The molecule has 0 saturated heterocycles. The second-order valence-electron chi connectivity index (χ2n) is 10.8. The fourth-order valence-corrected chi connectivity index (χ4v) is 6.10. The van der Waals surface area contributed by atoms with Crippen LogP contribution in [-0.4, -0.2) is 0 Å². The minimum absolute atomic E-state index is 0.966. The lowest BCUT2D eigenvalue weighted by Gasteiger charge is -2.08. The Morgan fingerprint density at radius 3 is 1.68 bits per heavy atom. The van der Waals surface area contributed by atoms with Crippen LogP contribution in [0.3, 0.4) is 0 Å². The van der Waals surface area contributed by atoms with Crippen molar-refractivity contribution in [2.24, 2.45) is 0 Å². The zero-order valence-electron chi connectivity index (χ0n) is 22.2. The average molecular weight is 491 g/mol. The summed E-state index contributed by atoms with van der Waals surface area (Å²) in [5.41, 5.74) is 1.99. The van der Waals surface area contributed by atoms with Gasteiger partial charge < -0.3 is 8.83 Å². The maximum atomic E-state index is 6.44. The highest BCUT2D eigenvalue weighted by atomic mass is 16.3. The average Bonchev–Trinajstić information content (AvgIpc) is 3.58. The Labute approximate surface area is 219 Å². The monoisotopic (exact) mass is 490 g/mol. The highest BCUT2D eigenvalue weighted by molar-refractivity contribution is 6.23. The Morgan fingerprint density at radius 2 is 1.00 bits per heavy atom. The van der Waals surface area contributed by atoms with E-state index in [9.17, 15) is 0 Å². The first-order valence-corrected chi connectivity index (χ1v) is 14.5. The molecule has 0 spiro atoms. The van der Waals surface area contributed by atoms with Crippen LogP contribution in [0.25, 0.3) is 54.3 Å². The number of benzene rings is 4. The summed E-state index contributed by atoms with van der Waals surface area (Å²) in [6.07, 6.45) is 17.9. The van der Waals surface area contributed by atoms with Crippen molar-refractivity contribution < 1.29 is 8.83 Å². The number of furan rings is 2. The second-order valence-corrected chi connectivity index (χ2v) is 10.8. The summed E-state index contributed by atoms with van der Waals surface area (Å²) in [7, 11) is 0. The molecule has 0 aliphatic rings. The smallest absolute Gasteiger partial charge is 0.142 e. The number of hydrogen-bond donors (Lipinski definition) is 0. The van der Waals surface area contributed by atoms with Crippen LogP contribution < -0.4 is 0 Å². The van der Waals surface area contributed by atoms with E-state index < -0.39 is 0 Å². The van der Waals surface area contributed by atoms with E-state index in [0.717, 1.165) is 28.7 Å². The molecule has 2 nitrogen and oxygen atoms in total. The fraction of sp³-hybridized carbons (Fsp3) is 0.371. The highest BCUT2D eigenvalue weighted by Gasteiger charge is 2.13. The SMILES string of the molecule is CCCCCCCCCCCCCc1cc2ccc3c4ccc5c(ccc6ccoc65)c4ccc3c2o1. The van der Waals surface area contributed by atoms with Crippen LogP contribution in [-0.2, 0) is 6.42 Å². The minimum atomic E-state index is 0.966. The van der Waals surface area contributed by atoms with Crippen molar-refractivity contribution in [1.82, 2.24) is 0 Å². The maximum absolute atomic E-state index is 6.44. The van der Waals surface area contributed by atoms with Crippen LogP contribution >= 0.6 is 0 Å². The van der Waals surface area contributed by atoms with Crippen molar-refractivity contribution in [1.29, 1.82) is 0 Å². The first-order valence-electron chi connectivity index (χ1n) is 14.5. The molecule has 2 heterocycles. The van der Waals surface area contributed by atoms with Gasteiger partial charge in [-0.2, -0.15) is 0 Å². The fourth-order valence-electron chi connectivity index (χ4n) is 6.10. The predicted octanol–water partition coefficient (Wildman–Crippen LogP) is 11.5. The minimum Gasteiger partial charge on any atom is -0.464 e. The highest BCUT2D eigenvalue weighted by Crippen LogP contribution is 2.37. The molecule has 0 bridgehead atoms. The second kappa shape index (κ2) is 11.0. The molecule has 0 aliphatic carbocycles. The van der Waals surface area contributed by atoms with Gasteiger partial charge in [0.2, 0.25) is 0 Å². The molecule has 4 aromatic carbocycles. The Morgan fingerprint density at radius 1 is 0.486 bits per heavy atom. The van der Waals surface area contributed by atoms with Gasteiger partial charge in [0.05, 0.1) is 6.26 Å². The summed E-state index contributed by atoms with van der Waals surface area (Å²) in [6.45, 7) is 2.29. The third-order valence-electron chi connectivity index (χ3n) is 8.17. The van der Waals surface area contributed by atoms with E-state index in [-0.39, 0.29) is 0 Å². The quantitative estimate of drug-likeness (QED) is 0.126. The van der Waals surface area contributed by atoms with Crippen LogP contribution in [0.2, 0.25) is 0 Å². The Balaban J connectivity index is 1.14. The van der Waals surface area contributed by atoms with Crippen LogP contribution in [0.1, 0.15) is 83.3 Å². The molecule has 0 unspecified atom stereocenters. The molecular weight excluding hydrogens is 452 g/mol. The van der Waals surface area contributed by atoms with Gasteiger partial charge in [0, 0.05) is 28.0 Å². The van der Waals surface area contributed by atoms with Gasteiger partial charge in [-0.1, -0.05) is 108 Å². The van der Waals surface area contributed by atoms with Crippen molar-refractivity contribution in [3.63, 3.8) is 0 Å². The summed E-state index contributed by atoms with van der Waals surface area (Å²) >= 11 is 0. The van der Waals surface area contributed by atoms with E-state index in [4.69, 9.17) is 8.83 Å². The Kier molecular flexibility index (Phi) is 7.17. The number of fused-ring (bicyclic) bond motifs is 9. The molecular formula is C35H38O2. The lowest BCUT2D eigenvalue weighted by Crippen LogP contribution is -1.84. The van der Waals surface area contributed by atoms with Crippen LogP contribution in [0.4, 0.5) is 0 Å². The van der Waals surface area contributed by atoms with E-state index in [2.05, 4.69) is 61.5 Å². The summed E-state index contributed by atoms with van der Waals surface area (Å²) in [5, 5.41) is 9.74. The molecule has 0 saturated carbocycles. The van der Waals surface area contributed by atoms with Gasteiger partial charge in [0.15, 0.2) is 0 Å². The van der Waals surface area contributed by atoms with E-state index in [0.29, 0.717) is 0 Å². The van der Waals surface area contributed by atoms with E-state index >= 15 is 0 Å². The molecule has 37 heavy (non-hydrogen) atoms. The molecule has 190 valence electrons. The number of hydrogen-bond acceptors (Lipinski definition) is 2. The number of unbranched alkanes of at least 4 members (excludes halogenated alkanes) is 10. The van der Waals surface area contributed by atoms with Gasteiger partial charge in [-0.3, -0.25) is 0 Å². The molecule has 0 radical (unpaired) electrons. The van der Waals surface area contributed by atoms with Crippen molar-refractivity contribution in [2.45, 2.75) is 84.0 Å². The van der Waals surface area contributed by atoms with Crippen molar-refractivity contribution >= 4 is 54.3 Å². The summed E-state index contributed by atoms with van der Waals surface area (Å²) < 4.78 is 12.2. The molecule has 0 N–H and O–H groups in total. The topological polar surface area (TPSA) is 26.3 Å². The molecule has 0 aliphatic heterocycles. The van der Waals surface area contributed by atoms with Gasteiger partial charge in [0.25, 0.3) is 0 Å². The Bertz CT molecular complexity index is 1650. The van der Waals surface area contributed by atoms with Crippen LogP contribution in [0, 0.1) is 0 Å². The van der Waals surface area contributed by atoms with Gasteiger partial charge in [-0.05, 0) is 52.2 Å². The Hall–Kier alpha value is -3.26. The van der Waals surface area contributed by atoms with E-state index in [1.165, 1.54) is 108 Å². The van der Waals surface area contributed by atoms with Crippen molar-refractivity contribution in [3.8, 4) is 0 Å². The van der Waals surface area contributed by atoms with Gasteiger partial charge >= 0.3 is 0 Å². The summed E-state index contributed by atoms with van der Waals surface area (Å²) in [5.74, 6) is 1.12. The third kappa shape index (κ3) is 4.87. The molecule has 6 aromatic rings. The molecule has 2 heteroatoms. The van der Waals surface area contributed by atoms with E-state index in [1.54, 1.807) is 6.26 Å². The van der Waals surface area contributed by atoms with Gasteiger partial charge in [-0.15, -0.1) is 0 Å². The third-order valence-corrected chi connectivity index (χ3v) is 8.17. The largest absolute Gasteiger partial charge is 0.464 e. The maximum Gasteiger partial charge on any atom is 0.142 e. The predicted molar refractivity (Wildman–Crippen MR) is 159 cm³/mol. The molecule has 2 aromatic heterocycles. The molecule has 0 fully saturated rings. The first-order chi connectivity index (χ1) is 18.3. The normalized spacial score (nSPS) is 12.1. The van der Waals surface area contributed by atoms with Crippen molar-refractivity contribution in [2.75, 3.05) is 0 Å². The molecule has 0 amide bonds. The molecule has 0 atom stereocenters. The first kappa shape index (κ1) is 24.1. The number of rotatable bonds is 12. The summed E-state index contributed by atoms with van der Waals surface area (Å²) in [6, 6.07) is 22.1. The zero-order valence-corrected chi connectivity index (χ0v) is 22.2. The van der Waals surface area contributed by atoms with Crippen LogP contribution in [0.5, 0.6) is 0 Å². The molecule has 6 rings (SSSR count). The van der Waals surface area contributed by atoms with Crippen LogP contribution in [0.15, 0.2) is 75.8 Å². The lowest BCUT2D eigenvalue weighted by molar-refractivity contribution is 0.516. The lowest BCUT2D eigenvalue weighted by atomic mass is 9.95. The number of aryl methyl sites for hydroxylation is 1. The summed E-state index contributed by atoms with van der Waals surface area (Å²) in [4.78, 5) is 0. The van der Waals surface area contributed by atoms with Crippen molar-refractivity contribution in [3.05, 3.63) is 72.7 Å². The van der Waals surface area contributed by atoms with Gasteiger partial charge in [0.1, 0.15) is 16.9 Å². The standard InChI is InChI=1S/C35H38O2/c1-2-3-4-5-6-7-8-9-10-11-12-13-27-24-26-15-17-31-29-18-20-32-30(16-14-25-22-23-36-34(25)32)28(29)19-21-33(31)35(26)37-27/h14-24H,2-13H2,1H3. The van der Waals surface area contributed by atoms with Gasteiger partial charge in [-0.25, -0.2) is 0 Å². The van der Waals surface area contributed by atoms with E-state index in [1.807, 2.05) is 6.07 Å².